The summed E-state index contributed by atoms with van der Waals surface area (Å²) in [4.78, 5) is 7.10. The third kappa shape index (κ3) is 4.50. The van der Waals surface area contributed by atoms with E-state index in [9.17, 15) is 0 Å². The number of hydrogen-bond acceptors (Lipinski definition) is 3. The van der Waals surface area contributed by atoms with E-state index in [4.69, 9.17) is 4.98 Å². The van der Waals surface area contributed by atoms with E-state index < -0.39 is 0 Å². The number of pyridine rings is 1. The van der Waals surface area contributed by atoms with Crippen LogP contribution >= 0.6 is 0 Å². The van der Waals surface area contributed by atoms with Gasteiger partial charge in [0.2, 0.25) is 0 Å². The lowest BCUT2D eigenvalue weighted by atomic mass is 10.1. The fourth-order valence-electron chi connectivity index (χ4n) is 2.39. The Kier molecular flexibility index (Phi) is 6.85. The van der Waals surface area contributed by atoms with Gasteiger partial charge in [-0.15, -0.1) is 0 Å². The Morgan fingerprint density at radius 2 is 1.84 bits per heavy atom. The van der Waals surface area contributed by atoms with Gasteiger partial charge in [0.25, 0.3) is 0 Å². The summed E-state index contributed by atoms with van der Waals surface area (Å²) in [6.07, 6.45) is 3.31. The zero-order valence-corrected chi connectivity index (χ0v) is 13.2. The van der Waals surface area contributed by atoms with Gasteiger partial charge in [0.15, 0.2) is 0 Å². The first-order valence-corrected chi connectivity index (χ1v) is 7.59. The summed E-state index contributed by atoms with van der Waals surface area (Å²) in [5.41, 5.74) is 2.52. The summed E-state index contributed by atoms with van der Waals surface area (Å²) in [6.45, 7) is 10.7. The molecule has 108 valence electrons. The molecule has 1 aromatic rings. The molecule has 0 aliphatic heterocycles. The Bertz CT molecular complexity index is 372. The molecule has 0 saturated carbocycles. The number of nitrogens with zero attached hydrogens (tertiary/aromatic N) is 2. The van der Waals surface area contributed by atoms with Gasteiger partial charge in [-0.2, -0.15) is 0 Å². The molecule has 3 nitrogen and oxygen atoms in total. The molecule has 0 amide bonds. The topological polar surface area (TPSA) is 28.2 Å². The van der Waals surface area contributed by atoms with Crippen molar-refractivity contribution in [2.75, 3.05) is 18.5 Å². The molecule has 0 aliphatic carbocycles. The lowest BCUT2D eigenvalue weighted by Crippen LogP contribution is -2.31. The Morgan fingerprint density at radius 3 is 2.37 bits per heavy atom. The smallest absolute Gasteiger partial charge is 0.129 e. The van der Waals surface area contributed by atoms with Crippen LogP contribution in [0.1, 0.15) is 51.8 Å². The molecule has 1 rings (SSSR count). The van der Waals surface area contributed by atoms with Gasteiger partial charge in [-0.25, -0.2) is 4.98 Å². The van der Waals surface area contributed by atoms with Gasteiger partial charge < -0.3 is 10.2 Å². The molecule has 1 aromatic heterocycles. The average Bonchev–Trinajstić information content (AvgIpc) is 2.45. The standard InChI is InChI=1S/C16H29N3/c1-6-14-10-13(12-17-9-4)11-16(18-14)19(5)15(7-2)8-3/h10-11,15,17H,6-9,12H2,1-5H3. The van der Waals surface area contributed by atoms with Crippen molar-refractivity contribution in [3.05, 3.63) is 23.4 Å². The van der Waals surface area contributed by atoms with E-state index in [0.717, 1.165) is 38.2 Å². The minimum absolute atomic E-state index is 0.576. The van der Waals surface area contributed by atoms with Crippen molar-refractivity contribution in [3.8, 4) is 0 Å². The molecule has 0 fully saturated rings. The van der Waals surface area contributed by atoms with Gasteiger partial charge in [0, 0.05) is 25.3 Å². The first-order chi connectivity index (χ1) is 9.15. The zero-order valence-electron chi connectivity index (χ0n) is 13.2. The highest BCUT2D eigenvalue weighted by Crippen LogP contribution is 2.19. The minimum Gasteiger partial charge on any atom is -0.357 e. The molecular weight excluding hydrogens is 234 g/mol. The highest BCUT2D eigenvalue weighted by atomic mass is 15.2. The molecule has 0 aromatic carbocycles. The number of hydrogen-bond donors (Lipinski definition) is 1. The molecule has 0 radical (unpaired) electrons. The number of rotatable bonds is 8. The van der Waals surface area contributed by atoms with Crippen molar-refractivity contribution in [2.24, 2.45) is 0 Å². The minimum atomic E-state index is 0.576. The molecule has 1 heterocycles. The Labute approximate surface area is 118 Å². The lowest BCUT2D eigenvalue weighted by molar-refractivity contribution is 0.585. The summed E-state index contributed by atoms with van der Waals surface area (Å²) in [6, 6.07) is 5.01. The highest BCUT2D eigenvalue weighted by molar-refractivity contribution is 5.43. The van der Waals surface area contributed by atoms with Gasteiger partial charge in [0.05, 0.1) is 0 Å². The fraction of sp³-hybridized carbons (Fsp3) is 0.688. The summed E-state index contributed by atoms with van der Waals surface area (Å²) in [7, 11) is 2.16. The van der Waals surface area contributed by atoms with E-state index in [2.05, 4.69) is 57.1 Å². The monoisotopic (exact) mass is 263 g/mol. The fourth-order valence-corrected chi connectivity index (χ4v) is 2.39. The van der Waals surface area contributed by atoms with Crippen LogP contribution in [0, 0.1) is 0 Å². The molecule has 0 saturated heterocycles. The lowest BCUT2D eigenvalue weighted by Gasteiger charge is -2.28. The average molecular weight is 263 g/mol. The number of nitrogens with one attached hydrogen (secondary N) is 1. The van der Waals surface area contributed by atoms with Crippen molar-refractivity contribution in [3.63, 3.8) is 0 Å². The van der Waals surface area contributed by atoms with Crippen molar-refractivity contribution < 1.29 is 0 Å². The van der Waals surface area contributed by atoms with Crippen LogP contribution in [0.2, 0.25) is 0 Å². The Hall–Kier alpha value is -1.09. The molecular formula is C16H29N3. The number of aromatic nitrogens is 1. The second kappa shape index (κ2) is 8.16. The maximum Gasteiger partial charge on any atom is 0.129 e. The van der Waals surface area contributed by atoms with Crippen LogP contribution in [-0.2, 0) is 13.0 Å². The van der Waals surface area contributed by atoms with Crippen LogP contribution < -0.4 is 10.2 Å². The molecule has 0 aliphatic rings. The molecule has 0 unspecified atom stereocenters. The number of anilines is 1. The largest absolute Gasteiger partial charge is 0.357 e. The van der Waals surface area contributed by atoms with E-state index in [-0.39, 0.29) is 0 Å². The number of aryl methyl sites for hydroxylation is 1. The first kappa shape index (κ1) is 16.0. The first-order valence-electron chi connectivity index (χ1n) is 7.59. The zero-order chi connectivity index (χ0) is 14.3. The molecule has 3 heteroatoms. The second-order valence-corrected chi connectivity index (χ2v) is 5.04. The second-order valence-electron chi connectivity index (χ2n) is 5.04. The van der Waals surface area contributed by atoms with Crippen LogP contribution in [0.25, 0.3) is 0 Å². The SMILES string of the molecule is CCNCc1cc(CC)nc(N(C)C(CC)CC)c1. The van der Waals surface area contributed by atoms with Gasteiger partial charge in [-0.1, -0.05) is 27.7 Å². The predicted octanol–water partition coefficient (Wildman–Crippen LogP) is 3.38. The van der Waals surface area contributed by atoms with E-state index in [1.165, 1.54) is 11.3 Å². The maximum absolute atomic E-state index is 4.77. The molecule has 0 bridgehead atoms. The third-order valence-electron chi connectivity index (χ3n) is 3.72. The molecule has 0 spiro atoms. The van der Waals surface area contributed by atoms with Crippen LogP contribution in [0.15, 0.2) is 12.1 Å². The van der Waals surface area contributed by atoms with Crippen molar-refractivity contribution in [2.45, 2.75) is 59.5 Å². The van der Waals surface area contributed by atoms with Gasteiger partial charge >= 0.3 is 0 Å². The van der Waals surface area contributed by atoms with E-state index in [1.54, 1.807) is 0 Å². The van der Waals surface area contributed by atoms with E-state index in [1.807, 2.05) is 0 Å². The van der Waals surface area contributed by atoms with Gasteiger partial charge in [-0.05, 0) is 43.5 Å². The van der Waals surface area contributed by atoms with Crippen molar-refractivity contribution in [1.29, 1.82) is 0 Å². The van der Waals surface area contributed by atoms with Crippen LogP contribution in [0.3, 0.4) is 0 Å². The van der Waals surface area contributed by atoms with E-state index in [0.29, 0.717) is 6.04 Å². The van der Waals surface area contributed by atoms with Crippen LogP contribution in [0.4, 0.5) is 5.82 Å². The van der Waals surface area contributed by atoms with Crippen molar-refractivity contribution >= 4 is 5.82 Å². The summed E-state index contributed by atoms with van der Waals surface area (Å²) in [5.74, 6) is 1.11. The Morgan fingerprint density at radius 1 is 1.16 bits per heavy atom. The quantitative estimate of drug-likeness (QED) is 0.779. The summed E-state index contributed by atoms with van der Waals surface area (Å²) >= 11 is 0. The molecule has 0 atom stereocenters. The predicted molar refractivity (Wildman–Crippen MR) is 83.8 cm³/mol. The Balaban J connectivity index is 2.98. The summed E-state index contributed by atoms with van der Waals surface area (Å²) in [5, 5.41) is 3.39. The maximum atomic E-state index is 4.77. The molecule has 1 N–H and O–H groups in total. The normalized spacial score (nSPS) is 11.1. The van der Waals surface area contributed by atoms with Gasteiger partial charge in [-0.3, -0.25) is 0 Å². The van der Waals surface area contributed by atoms with Crippen LogP contribution in [-0.4, -0.2) is 24.6 Å². The van der Waals surface area contributed by atoms with E-state index >= 15 is 0 Å². The third-order valence-corrected chi connectivity index (χ3v) is 3.72. The summed E-state index contributed by atoms with van der Waals surface area (Å²) < 4.78 is 0. The molecule has 19 heavy (non-hydrogen) atoms. The highest BCUT2D eigenvalue weighted by Gasteiger charge is 2.13. The van der Waals surface area contributed by atoms with Crippen LogP contribution in [0.5, 0.6) is 0 Å². The van der Waals surface area contributed by atoms with Crippen molar-refractivity contribution in [1.82, 2.24) is 10.3 Å². The van der Waals surface area contributed by atoms with Gasteiger partial charge in [0.1, 0.15) is 5.82 Å².